The number of aromatic nitrogens is 1. The molecule has 0 atom stereocenters. The van der Waals surface area contributed by atoms with E-state index in [9.17, 15) is 14.4 Å². The van der Waals surface area contributed by atoms with E-state index in [1.54, 1.807) is 65.2 Å². The number of rotatable bonds is 7. The molecule has 2 heterocycles. The third-order valence-corrected chi connectivity index (χ3v) is 5.80. The SMILES string of the molecule is COc1cc(NC(=O)Cn2cc(C(=O)c3ccccc3)c(=O)c3cc4c(cc32)OCO4)cc(OC)c1. The molecule has 182 valence electrons. The monoisotopic (exact) mass is 486 g/mol. The molecule has 1 aliphatic heterocycles. The maximum Gasteiger partial charge on any atom is 0.244 e. The fraction of sp³-hybridized carbons (Fsp3) is 0.148. The van der Waals surface area contributed by atoms with Crippen molar-refractivity contribution in [3.05, 3.63) is 88.2 Å². The van der Waals surface area contributed by atoms with E-state index in [-0.39, 0.29) is 30.2 Å². The van der Waals surface area contributed by atoms with E-state index in [0.29, 0.717) is 39.8 Å². The summed E-state index contributed by atoms with van der Waals surface area (Å²) in [5.74, 6) is 1.07. The Bertz CT molecular complexity index is 1520. The van der Waals surface area contributed by atoms with Crippen molar-refractivity contribution in [1.82, 2.24) is 4.57 Å². The van der Waals surface area contributed by atoms with Gasteiger partial charge in [0.05, 0.1) is 30.7 Å². The average molecular weight is 486 g/mol. The summed E-state index contributed by atoms with van der Waals surface area (Å²) in [6.07, 6.45) is 1.41. The van der Waals surface area contributed by atoms with Crippen molar-refractivity contribution >= 4 is 28.3 Å². The molecule has 0 spiro atoms. The van der Waals surface area contributed by atoms with E-state index in [0.717, 1.165) is 0 Å². The van der Waals surface area contributed by atoms with Crippen LogP contribution in [0.25, 0.3) is 10.9 Å². The molecular formula is C27H22N2O7. The van der Waals surface area contributed by atoms with Gasteiger partial charge in [0, 0.05) is 41.7 Å². The molecule has 1 aliphatic rings. The van der Waals surface area contributed by atoms with Crippen LogP contribution in [0, 0.1) is 0 Å². The zero-order chi connectivity index (χ0) is 25.2. The highest BCUT2D eigenvalue weighted by molar-refractivity contribution is 6.10. The number of ether oxygens (including phenoxy) is 4. The Kier molecular flexibility index (Phi) is 6.03. The van der Waals surface area contributed by atoms with Gasteiger partial charge < -0.3 is 28.8 Å². The predicted molar refractivity (Wildman–Crippen MR) is 132 cm³/mol. The number of carbonyl (C=O) groups excluding carboxylic acids is 2. The molecule has 36 heavy (non-hydrogen) atoms. The summed E-state index contributed by atoms with van der Waals surface area (Å²) < 4.78 is 23.0. The molecule has 0 unspecified atom stereocenters. The molecule has 5 rings (SSSR count). The molecule has 0 aliphatic carbocycles. The van der Waals surface area contributed by atoms with Crippen molar-refractivity contribution < 1.29 is 28.5 Å². The highest BCUT2D eigenvalue weighted by atomic mass is 16.7. The number of carbonyl (C=O) groups is 2. The minimum Gasteiger partial charge on any atom is -0.497 e. The van der Waals surface area contributed by atoms with E-state index in [1.165, 1.54) is 20.4 Å². The second-order valence-electron chi connectivity index (χ2n) is 8.07. The molecule has 0 radical (unpaired) electrons. The largest absolute Gasteiger partial charge is 0.497 e. The van der Waals surface area contributed by atoms with Crippen molar-refractivity contribution in [2.45, 2.75) is 6.54 Å². The van der Waals surface area contributed by atoms with Crippen molar-refractivity contribution in [3.8, 4) is 23.0 Å². The Morgan fingerprint density at radius 1 is 0.944 bits per heavy atom. The Morgan fingerprint density at radius 3 is 2.28 bits per heavy atom. The van der Waals surface area contributed by atoms with Crippen LogP contribution >= 0.6 is 0 Å². The molecular weight excluding hydrogens is 464 g/mol. The van der Waals surface area contributed by atoms with Gasteiger partial charge >= 0.3 is 0 Å². The molecule has 0 fully saturated rings. The van der Waals surface area contributed by atoms with E-state index in [1.807, 2.05) is 0 Å². The van der Waals surface area contributed by atoms with Crippen molar-refractivity contribution in [2.24, 2.45) is 0 Å². The summed E-state index contributed by atoms with van der Waals surface area (Å²) in [7, 11) is 3.03. The number of pyridine rings is 1. The van der Waals surface area contributed by atoms with Gasteiger partial charge in [-0.15, -0.1) is 0 Å². The number of hydrogen-bond donors (Lipinski definition) is 1. The van der Waals surface area contributed by atoms with E-state index >= 15 is 0 Å². The molecule has 9 nitrogen and oxygen atoms in total. The van der Waals surface area contributed by atoms with Crippen LogP contribution in [0.1, 0.15) is 15.9 Å². The van der Waals surface area contributed by atoms with Crippen LogP contribution in [0.4, 0.5) is 5.69 Å². The van der Waals surface area contributed by atoms with Gasteiger partial charge in [0.2, 0.25) is 18.1 Å². The Hall–Kier alpha value is -4.79. The lowest BCUT2D eigenvalue weighted by Crippen LogP contribution is -2.24. The number of nitrogens with one attached hydrogen (secondary N) is 1. The Labute approximate surface area is 205 Å². The first kappa shape index (κ1) is 23.0. The Balaban J connectivity index is 1.56. The first-order valence-electron chi connectivity index (χ1n) is 11.1. The first-order valence-corrected chi connectivity index (χ1v) is 11.1. The number of methoxy groups -OCH3 is 2. The van der Waals surface area contributed by atoms with Crippen LogP contribution in [-0.2, 0) is 11.3 Å². The smallest absolute Gasteiger partial charge is 0.244 e. The average Bonchev–Trinajstić information content (AvgIpc) is 3.37. The van der Waals surface area contributed by atoms with Crippen LogP contribution < -0.4 is 29.7 Å². The van der Waals surface area contributed by atoms with E-state index in [2.05, 4.69) is 5.32 Å². The minimum atomic E-state index is -0.452. The van der Waals surface area contributed by atoms with Gasteiger partial charge in [-0.1, -0.05) is 30.3 Å². The molecule has 4 aromatic rings. The van der Waals surface area contributed by atoms with Crippen molar-refractivity contribution in [3.63, 3.8) is 0 Å². The van der Waals surface area contributed by atoms with Gasteiger partial charge in [0.15, 0.2) is 17.3 Å². The Morgan fingerprint density at radius 2 is 1.61 bits per heavy atom. The van der Waals surface area contributed by atoms with Crippen LogP contribution in [0.5, 0.6) is 23.0 Å². The van der Waals surface area contributed by atoms with Crippen LogP contribution in [0.15, 0.2) is 71.7 Å². The molecule has 1 N–H and O–H groups in total. The second-order valence-corrected chi connectivity index (χ2v) is 8.07. The molecule has 0 saturated heterocycles. The van der Waals surface area contributed by atoms with E-state index in [4.69, 9.17) is 18.9 Å². The summed E-state index contributed by atoms with van der Waals surface area (Å²) in [5, 5.41) is 3.06. The van der Waals surface area contributed by atoms with Gasteiger partial charge in [-0.3, -0.25) is 14.4 Å². The van der Waals surface area contributed by atoms with Gasteiger partial charge in [0.25, 0.3) is 0 Å². The summed E-state index contributed by atoms with van der Waals surface area (Å²) in [5.41, 5.74) is 0.774. The number of amides is 1. The number of nitrogens with zero attached hydrogens (tertiary/aromatic N) is 1. The predicted octanol–water partition coefficient (Wildman–Crippen LogP) is 3.62. The van der Waals surface area contributed by atoms with Gasteiger partial charge in [0.1, 0.15) is 18.0 Å². The quantitative estimate of drug-likeness (QED) is 0.398. The van der Waals surface area contributed by atoms with E-state index < -0.39 is 11.2 Å². The molecule has 9 heteroatoms. The number of hydrogen-bond acceptors (Lipinski definition) is 7. The summed E-state index contributed by atoms with van der Waals surface area (Å²) >= 11 is 0. The lowest BCUT2D eigenvalue weighted by molar-refractivity contribution is -0.116. The molecule has 1 aromatic heterocycles. The molecule has 0 bridgehead atoms. The first-order chi connectivity index (χ1) is 17.5. The third-order valence-electron chi connectivity index (χ3n) is 5.80. The maximum absolute atomic E-state index is 13.4. The highest BCUT2D eigenvalue weighted by Gasteiger charge is 2.22. The third kappa shape index (κ3) is 4.34. The van der Waals surface area contributed by atoms with Gasteiger partial charge in [-0.25, -0.2) is 0 Å². The topological polar surface area (TPSA) is 105 Å². The summed E-state index contributed by atoms with van der Waals surface area (Å²) in [4.78, 5) is 39.6. The zero-order valence-electron chi connectivity index (χ0n) is 19.6. The fourth-order valence-corrected chi connectivity index (χ4v) is 4.05. The summed E-state index contributed by atoms with van der Waals surface area (Å²) in [6, 6.07) is 16.7. The summed E-state index contributed by atoms with van der Waals surface area (Å²) in [6.45, 7) is -0.154. The van der Waals surface area contributed by atoms with Crippen LogP contribution in [0.2, 0.25) is 0 Å². The van der Waals surface area contributed by atoms with Crippen LogP contribution in [0.3, 0.4) is 0 Å². The van der Waals surface area contributed by atoms with Crippen LogP contribution in [-0.4, -0.2) is 37.3 Å². The zero-order valence-corrected chi connectivity index (χ0v) is 19.6. The molecule has 3 aromatic carbocycles. The normalized spacial score (nSPS) is 11.8. The van der Waals surface area contributed by atoms with Crippen molar-refractivity contribution in [1.29, 1.82) is 0 Å². The minimum absolute atomic E-state index is 0.0216. The highest BCUT2D eigenvalue weighted by Crippen LogP contribution is 2.35. The number of anilines is 1. The number of benzene rings is 3. The maximum atomic E-state index is 13.4. The van der Waals surface area contributed by atoms with Gasteiger partial charge in [-0.2, -0.15) is 0 Å². The lowest BCUT2D eigenvalue weighted by atomic mass is 10.0. The second kappa shape index (κ2) is 9.46. The number of ketones is 1. The fourth-order valence-electron chi connectivity index (χ4n) is 4.05. The molecule has 1 amide bonds. The molecule has 0 saturated carbocycles. The standard InChI is InChI=1S/C27H22N2O7/c1-33-18-8-17(9-19(10-18)34-2)28-25(30)14-29-13-21(26(31)16-6-4-3-5-7-16)27(32)20-11-23-24(12-22(20)29)36-15-35-23/h3-13H,14-15H2,1-2H3,(H,28,30). The number of fused-ring (bicyclic) bond motifs is 2. The lowest BCUT2D eigenvalue weighted by Gasteiger charge is -2.15. The van der Waals surface area contributed by atoms with Gasteiger partial charge in [-0.05, 0) is 6.07 Å². The van der Waals surface area contributed by atoms with Crippen molar-refractivity contribution in [2.75, 3.05) is 26.3 Å².